The molecule has 0 saturated carbocycles. The number of nitrogens with zero attached hydrogens (tertiary/aromatic N) is 3. The second-order valence-electron chi connectivity index (χ2n) is 5.21. The minimum atomic E-state index is 0.625. The highest BCUT2D eigenvalue weighted by Crippen LogP contribution is 2.31. The summed E-state index contributed by atoms with van der Waals surface area (Å²) >= 11 is 5.13. The zero-order chi connectivity index (χ0) is 16.9. The fraction of sp³-hybridized carbons (Fsp3) is 0.222. The van der Waals surface area contributed by atoms with Gasteiger partial charge in [0.15, 0.2) is 11.0 Å². The summed E-state index contributed by atoms with van der Waals surface area (Å²) in [4.78, 5) is 0. The minimum Gasteiger partial charge on any atom is -0.493 e. The molecule has 0 amide bonds. The molecule has 6 heteroatoms. The average molecular weight is 404 g/mol. The van der Waals surface area contributed by atoms with Crippen molar-refractivity contribution >= 4 is 27.7 Å². The first-order valence-electron chi connectivity index (χ1n) is 7.68. The van der Waals surface area contributed by atoms with Crippen LogP contribution in [0.15, 0.2) is 58.2 Å². The van der Waals surface area contributed by atoms with Gasteiger partial charge < -0.3 is 9.30 Å². The second kappa shape index (κ2) is 7.85. The van der Waals surface area contributed by atoms with E-state index >= 15 is 0 Å². The van der Waals surface area contributed by atoms with Gasteiger partial charge in [-0.15, -0.1) is 10.2 Å². The number of hydrogen-bond donors (Lipinski definition) is 0. The number of rotatable bonds is 6. The van der Waals surface area contributed by atoms with Gasteiger partial charge in [-0.3, -0.25) is 0 Å². The standard InChI is InChI=1S/C18H18BrN3OS/c1-3-23-16-7-5-4-6-15(16)17-20-21-18(22(17)2)24-12-13-8-10-14(19)11-9-13/h4-11H,3,12H2,1-2H3. The Balaban J connectivity index is 1.80. The molecule has 0 bridgehead atoms. The van der Waals surface area contributed by atoms with Gasteiger partial charge in [0.1, 0.15) is 5.75 Å². The third-order valence-electron chi connectivity index (χ3n) is 3.54. The summed E-state index contributed by atoms with van der Waals surface area (Å²) in [5, 5.41) is 9.59. The topological polar surface area (TPSA) is 39.9 Å². The molecule has 0 saturated heterocycles. The zero-order valence-electron chi connectivity index (χ0n) is 13.6. The van der Waals surface area contributed by atoms with E-state index in [4.69, 9.17) is 4.74 Å². The molecule has 0 fully saturated rings. The molecule has 0 aliphatic heterocycles. The third kappa shape index (κ3) is 3.82. The maximum atomic E-state index is 5.70. The van der Waals surface area contributed by atoms with Crippen molar-refractivity contribution in [2.75, 3.05) is 6.61 Å². The zero-order valence-corrected chi connectivity index (χ0v) is 16.0. The van der Waals surface area contributed by atoms with Crippen LogP contribution in [0.4, 0.5) is 0 Å². The van der Waals surface area contributed by atoms with Crippen LogP contribution >= 0.6 is 27.7 Å². The molecule has 0 unspecified atom stereocenters. The fourth-order valence-corrected chi connectivity index (χ4v) is 3.47. The van der Waals surface area contributed by atoms with Gasteiger partial charge in [0.25, 0.3) is 0 Å². The second-order valence-corrected chi connectivity index (χ2v) is 7.07. The molecule has 0 N–H and O–H groups in total. The highest BCUT2D eigenvalue weighted by molar-refractivity contribution is 9.10. The van der Waals surface area contributed by atoms with Crippen LogP contribution in [-0.4, -0.2) is 21.4 Å². The van der Waals surface area contributed by atoms with Crippen molar-refractivity contribution in [1.82, 2.24) is 14.8 Å². The number of thioether (sulfide) groups is 1. The van der Waals surface area contributed by atoms with E-state index in [0.29, 0.717) is 6.61 Å². The predicted molar refractivity (Wildman–Crippen MR) is 101 cm³/mol. The van der Waals surface area contributed by atoms with E-state index in [1.54, 1.807) is 11.8 Å². The van der Waals surface area contributed by atoms with Crippen LogP contribution in [0.5, 0.6) is 5.75 Å². The van der Waals surface area contributed by atoms with Gasteiger partial charge in [-0.1, -0.05) is 52.0 Å². The Bertz CT molecular complexity index is 817. The maximum absolute atomic E-state index is 5.70. The lowest BCUT2D eigenvalue weighted by atomic mass is 10.2. The molecule has 4 nitrogen and oxygen atoms in total. The quantitative estimate of drug-likeness (QED) is 0.546. The number of benzene rings is 2. The molecule has 124 valence electrons. The molecule has 0 atom stereocenters. The van der Waals surface area contributed by atoms with E-state index in [0.717, 1.165) is 32.5 Å². The summed E-state index contributed by atoms with van der Waals surface area (Å²) in [6.07, 6.45) is 0. The number of hydrogen-bond acceptors (Lipinski definition) is 4. The number of aromatic nitrogens is 3. The largest absolute Gasteiger partial charge is 0.493 e. The molecule has 3 aromatic rings. The Morgan fingerprint density at radius 3 is 2.58 bits per heavy atom. The smallest absolute Gasteiger partial charge is 0.191 e. The van der Waals surface area contributed by atoms with Crippen LogP contribution < -0.4 is 4.74 Å². The van der Waals surface area contributed by atoms with Crippen molar-refractivity contribution in [3.8, 4) is 17.1 Å². The molecule has 0 aliphatic rings. The van der Waals surface area contributed by atoms with Gasteiger partial charge in [0, 0.05) is 17.3 Å². The molecule has 24 heavy (non-hydrogen) atoms. The van der Waals surface area contributed by atoms with Gasteiger partial charge >= 0.3 is 0 Å². The van der Waals surface area contributed by atoms with Crippen molar-refractivity contribution in [2.45, 2.75) is 17.8 Å². The molecular formula is C18H18BrN3OS. The average Bonchev–Trinajstić information content (AvgIpc) is 2.96. The fourth-order valence-electron chi connectivity index (χ4n) is 2.34. The monoisotopic (exact) mass is 403 g/mol. The summed E-state index contributed by atoms with van der Waals surface area (Å²) in [5.41, 5.74) is 2.22. The van der Waals surface area contributed by atoms with Crippen molar-refractivity contribution in [1.29, 1.82) is 0 Å². The Morgan fingerprint density at radius 2 is 1.83 bits per heavy atom. The highest BCUT2D eigenvalue weighted by Gasteiger charge is 2.15. The van der Waals surface area contributed by atoms with Gasteiger partial charge in [-0.2, -0.15) is 0 Å². The minimum absolute atomic E-state index is 0.625. The van der Waals surface area contributed by atoms with Gasteiger partial charge in [0.05, 0.1) is 12.2 Å². The number of para-hydroxylation sites is 1. The first kappa shape index (κ1) is 17.0. The van der Waals surface area contributed by atoms with Crippen molar-refractivity contribution in [2.24, 2.45) is 7.05 Å². The van der Waals surface area contributed by atoms with Crippen LogP contribution in [0, 0.1) is 0 Å². The molecule has 0 spiro atoms. The summed E-state index contributed by atoms with van der Waals surface area (Å²) in [7, 11) is 1.99. The van der Waals surface area contributed by atoms with E-state index in [2.05, 4.69) is 50.4 Å². The molecule has 2 aromatic carbocycles. The van der Waals surface area contributed by atoms with Gasteiger partial charge in [-0.05, 0) is 36.8 Å². The molecule has 0 aliphatic carbocycles. The summed E-state index contributed by atoms with van der Waals surface area (Å²) in [6, 6.07) is 16.2. The van der Waals surface area contributed by atoms with Crippen molar-refractivity contribution in [3.63, 3.8) is 0 Å². The van der Waals surface area contributed by atoms with E-state index in [-0.39, 0.29) is 0 Å². The number of ether oxygens (including phenoxy) is 1. The third-order valence-corrected chi connectivity index (χ3v) is 5.16. The van der Waals surface area contributed by atoms with Gasteiger partial charge in [-0.25, -0.2) is 0 Å². The van der Waals surface area contributed by atoms with Crippen LogP contribution in [0.25, 0.3) is 11.4 Å². The number of halogens is 1. The predicted octanol–water partition coefficient (Wildman–Crippen LogP) is 4.94. The van der Waals surface area contributed by atoms with Crippen LogP contribution in [-0.2, 0) is 12.8 Å². The first-order valence-corrected chi connectivity index (χ1v) is 9.45. The Labute approximate surface area is 154 Å². The normalized spacial score (nSPS) is 10.8. The Kier molecular flexibility index (Phi) is 5.58. The van der Waals surface area contributed by atoms with E-state index in [1.807, 2.05) is 42.8 Å². The SMILES string of the molecule is CCOc1ccccc1-c1nnc(SCc2ccc(Br)cc2)n1C. The maximum Gasteiger partial charge on any atom is 0.191 e. The van der Waals surface area contributed by atoms with E-state index in [9.17, 15) is 0 Å². The Hall–Kier alpha value is -1.79. The molecule has 1 aromatic heterocycles. The van der Waals surface area contributed by atoms with E-state index < -0.39 is 0 Å². The van der Waals surface area contributed by atoms with E-state index in [1.165, 1.54) is 5.56 Å². The summed E-state index contributed by atoms with van der Waals surface area (Å²) in [6.45, 7) is 2.60. The van der Waals surface area contributed by atoms with Crippen LogP contribution in [0.1, 0.15) is 12.5 Å². The van der Waals surface area contributed by atoms with Crippen molar-refractivity contribution < 1.29 is 4.74 Å². The Morgan fingerprint density at radius 1 is 1.08 bits per heavy atom. The van der Waals surface area contributed by atoms with Gasteiger partial charge in [0.2, 0.25) is 0 Å². The van der Waals surface area contributed by atoms with Crippen LogP contribution in [0.2, 0.25) is 0 Å². The summed E-state index contributed by atoms with van der Waals surface area (Å²) in [5.74, 6) is 2.50. The lowest BCUT2D eigenvalue weighted by molar-refractivity contribution is 0.341. The van der Waals surface area contributed by atoms with Crippen molar-refractivity contribution in [3.05, 3.63) is 58.6 Å². The first-order chi connectivity index (χ1) is 11.7. The molecule has 0 radical (unpaired) electrons. The lowest BCUT2D eigenvalue weighted by Gasteiger charge is -2.09. The molecular weight excluding hydrogens is 386 g/mol. The van der Waals surface area contributed by atoms with Crippen LogP contribution in [0.3, 0.4) is 0 Å². The highest BCUT2D eigenvalue weighted by atomic mass is 79.9. The molecule has 3 rings (SSSR count). The lowest BCUT2D eigenvalue weighted by Crippen LogP contribution is -1.99. The molecule has 1 heterocycles. The summed E-state index contributed by atoms with van der Waals surface area (Å²) < 4.78 is 8.81.